The molecule has 0 N–H and O–H groups in total. The van der Waals surface area contributed by atoms with E-state index in [0.29, 0.717) is 17.3 Å². The number of aromatic nitrogens is 2. The minimum absolute atomic E-state index is 0.182. The predicted molar refractivity (Wildman–Crippen MR) is 55.1 cm³/mol. The first-order valence-electron chi connectivity index (χ1n) is 4.39. The number of ether oxygens (including phenoxy) is 1. The topological polar surface area (TPSA) is 48.2 Å². The van der Waals surface area contributed by atoms with E-state index in [1.165, 1.54) is 6.26 Å². The molecule has 2 aromatic rings. The second-order valence-electron chi connectivity index (χ2n) is 2.93. The van der Waals surface area contributed by atoms with Crippen LogP contribution in [0.15, 0.2) is 29.0 Å². The van der Waals surface area contributed by atoms with Gasteiger partial charge in [-0.25, -0.2) is 0 Å². The van der Waals surface area contributed by atoms with Gasteiger partial charge in [0.15, 0.2) is 5.75 Å². The zero-order chi connectivity index (χ0) is 10.7. The van der Waals surface area contributed by atoms with Gasteiger partial charge >= 0.3 is 6.08 Å². The summed E-state index contributed by atoms with van der Waals surface area (Å²) in [5.74, 6) is 0.930. The van der Waals surface area contributed by atoms with Gasteiger partial charge in [0, 0.05) is 6.20 Å². The molecule has 0 saturated heterocycles. The third kappa shape index (κ3) is 2.27. The minimum atomic E-state index is 0.182. The SMILES string of the molecule is Cc1ncccc1Oc1nc(CCl)co1. The van der Waals surface area contributed by atoms with Crippen molar-refractivity contribution in [3.05, 3.63) is 36.0 Å². The van der Waals surface area contributed by atoms with Gasteiger partial charge in [-0.05, 0) is 19.1 Å². The van der Waals surface area contributed by atoms with Crippen molar-refractivity contribution in [2.75, 3.05) is 0 Å². The fourth-order valence-corrected chi connectivity index (χ4v) is 1.19. The Morgan fingerprint density at radius 3 is 3.07 bits per heavy atom. The van der Waals surface area contributed by atoms with Gasteiger partial charge in [-0.2, -0.15) is 4.98 Å². The highest BCUT2D eigenvalue weighted by Gasteiger charge is 2.07. The van der Waals surface area contributed by atoms with E-state index in [9.17, 15) is 0 Å². The molecule has 15 heavy (non-hydrogen) atoms. The van der Waals surface area contributed by atoms with Crippen LogP contribution in [0.5, 0.6) is 11.8 Å². The van der Waals surface area contributed by atoms with Gasteiger partial charge < -0.3 is 9.15 Å². The Morgan fingerprint density at radius 2 is 2.40 bits per heavy atom. The Bertz CT molecular complexity index is 456. The van der Waals surface area contributed by atoms with Crippen molar-refractivity contribution in [2.45, 2.75) is 12.8 Å². The molecule has 0 aliphatic heterocycles. The summed E-state index contributed by atoms with van der Waals surface area (Å²) in [5, 5.41) is 0. The van der Waals surface area contributed by atoms with E-state index in [4.69, 9.17) is 20.8 Å². The van der Waals surface area contributed by atoms with E-state index >= 15 is 0 Å². The number of pyridine rings is 1. The van der Waals surface area contributed by atoms with E-state index in [1.54, 1.807) is 18.3 Å². The van der Waals surface area contributed by atoms with Crippen molar-refractivity contribution in [3.8, 4) is 11.8 Å². The fraction of sp³-hybridized carbons (Fsp3) is 0.200. The number of oxazole rings is 1. The summed E-state index contributed by atoms with van der Waals surface area (Å²) in [6.45, 7) is 1.85. The summed E-state index contributed by atoms with van der Waals surface area (Å²) >= 11 is 5.58. The molecule has 0 unspecified atom stereocenters. The highest BCUT2D eigenvalue weighted by Crippen LogP contribution is 2.22. The number of halogens is 1. The van der Waals surface area contributed by atoms with Gasteiger partial charge in [-0.15, -0.1) is 11.6 Å². The monoisotopic (exact) mass is 224 g/mol. The zero-order valence-corrected chi connectivity index (χ0v) is 8.86. The molecule has 0 spiro atoms. The van der Waals surface area contributed by atoms with Crippen LogP contribution in [0.4, 0.5) is 0 Å². The second-order valence-corrected chi connectivity index (χ2v) is 3.19. The molecule has 0 radical (unpaired) electrons. The van der Waals surface area contributed by atoms with Gasteiger partial charge in [0.2, 0.25) is 0 Å². The first-order valence-corrected chi connectivity index (χ1v) is 4.93. The molecule has 0 bridgehead atoms. The smallest absolute Gasteiger partial charge is 0.399 e. The lowest BCUT2D eigenvalue weighted by Gasteiger charge is -2.01. The molecule has 78 valence electrons. The Kier molecular flexibility index (Phi) is 2.87. The Morgan fingerprint density at radius 1 is 1.53 bits per heavy atom. The van der Waals surface area contributed by atoms with Crippen LogP contribution in [0.3, 0.4) is 0 Å². The van der Waals surface area contributed by atoms with Crippen LogP contribution in [-0.4, -0.2) is 9.97 Å². The van der Waals surface area contributed by atoms with Gasteiger partial charge in [0.25, 0.3) is 0 Å². The molecule has 4 nitrogen and oxygen atoms in total. The summed E-state index contributed by atoms with van der Waals surface area (Å²) in [5.41, 5.74) is 1.43. The van der Waals surface area contributed by atoms with Crippen molar-refractivity contribution < 1.29 is 9.15 Å². The Hall–Kier alpha value is -1.55. The van der Waals surface area contributed by atoms with Crippen molar-refractivity contribution in [3.63, 3.8) is 0 Å². The molecule has 0 fully saturated rings. The fourth-order valence-electron chi connectivity index (χ4n) is 1.07. The van der Waals surface area contributed by atoms with Crippen molar-refractivity contribution in [1.29, 1.82) is 0 Å². The lowest BCUT2D eigenvalue weighted by atomic mass is 10.3. The molecule has 0 aliphatic rings. The Balaban J connectivity index is 2.18. The van der Waals surface area contributed by atoms with Crippen LogP contribution in [0.1, 0.15) is 11.4 Å². The number of aryl methyl sites for hydroxylation is 1. The standard InChI is InChI=1S/C10H9ClN2O2/c1-7-9(3-2-4-12-7)15-10-13-8(5-11)6-14-10/h2-4,6H,5H2,1H3. The molecule has 0 aromatic carbocycles. The largest absolute Gasteiger partial charge is 0.417 e. The predicted octanol–water partition coefficient (Wildman–Crippen LogP) is 2.91. The zero-order valence-electron chi connectivity index (χ0n) is 8.11. The summed E-state index contributed by atoms with van der Waals surface area (Å²) in [6, 6.07) is 3.58. The first-order chi connectivity index (χ1) is 7.29. The maximum absolute atomic E-state index is 5.58. The third-order valence-electron chi connectivity index (χ3n) is 1.82. The van der Waals surface area contributed by atoms with Crippen LogP contribution < -0.4 is 4.74 Å². The lowest BCUT2D eigenvalue weighted by molar-refractivity contribution is 0.328. The third-order valence-corrected chi connectivity index (χ3v) is 2.10. The summed E-state index contributed by atoms with van der Waals surface area (Å²) < 4.78 is 10.5. The average molecular weight is 225 g/mol. The van der Waals surface area contributed by atoms with Gasteiger partial charge in [-0.3, -0.25) is 4.98 Å². The number of alkyl halides is 1. The molecular weight excluding hydrogens is 216 g/mol. The van der Waals surface area contributed by atoms with Crippen LogP contribution in [-0.2, 0) is 5.88 Å². The highest BCUT2D eigenvalue weighted by atomic mass is 35.5. The van der Waals surface area contributed by atoms with Crippen LogP contribution in [0, 0.1) is 6.92 Å². The van der Waals surface area contributed by atoms with E-state index in [2.05, 4.69) is 9.97 Å². The quantitative estimate of drug-likeness (QED) is 0.753. The normalized spacial score (nSPS) is 10.3. The van der Waals surface area contributed by atoms with E-state index in [0.717, 1.165) is 5.69 Å². The second kappa shape index (κ2) is 4.31. The van der Waals surface area contributed by atoms with Gasteiger partial charge in [0.05, 0.1) is 17.3 Å². The van der Waals surface area contributed by atoms with E-state index < -0.39 is 0 Å². The molecule has 0 amide bonds. The van der Waals surface area contributed by atoms with E-state index in [1.807, 2.05) is 6.92 Å². The molecule has 2 rings (SSSR count). The lowest BCUT2D eigenvalue weighted by Crippen LogP contribution is -1.89. The molecule has 0 aliphatic carbocycles. The van der Waals surface area contributed by atoms with Crippen molar-refractivity contribution in [1.82, 2.24) is 9.97 Å². The minimum Gasteiger partial charge on any atom is -0.417 e. The molecule has 2 heterocycles. The molecule has 5 heteroatoms. The van der Waals surface area contributed by atoms with Crippen LogP contribution in [0.2, 0.25) is 0 Å². The highest BCUT2D eigenvalue weighted by molar-refractivity contribution is 6.16. The maximum Gasteiger partial charge on any atom is 0.399 e. The average Bonchev–Trinajstić information content (AvgIpc) is 2.69. The molecule has 2 aromatic heterocycles. The van der Waals surface area contributed by atoms with Crippen LogP contribution >= 0.6 is 11.6 Å². The van der Waals surface area contributed by atoms with Crippen LogP contribution in [0.25, 0.3) is 0 Å². The number of hydrogen-bond acceptors (Lipinski definition) is 4. The summed E-state index contributed by atoms with van der Waals surface area (Å²) in [6.07, 6.45) is 3.34. The van der Waals surface area contributed by atoms with E-state index in [-0.39, 0.29) is 6.08 Å². The molecular formula is C10H9ClN2O2. The van der Waals surface area contributed by atoms with Gasteiger partial charge in [0.1, 0.15) is 6.26 Å². The number of hydrogen-bond donors (Lipinski definition) is 0. The van der Waals surface area contributed by atoms with Crippen molar-refractivity contribution in [2.24, 2.45) is 0 Å². The molecule has 0 atom stereocenters. The maximum atomic E-state index is 5.58. The van der Waals surface area contributed by atoms with Gasteiger partial charge in [-0.1, -0.05) is 0 Å². The molecule has 0 saturated carbocycles. The Labute approximate surface area is 91.9 Å². The summed E-state index contributed by atoms with van der Waals surface area (Å²) in [4.78, 5) is 8.10. The number of nitrogens with zero attached hydrogens (tertiary/aromatic N) is 2. The summed E-state index contributed by atoms with van der Waals surface area (Å²) in [7, 11) is 0. The number of rotatable bonds is 3. The first kappa shape index (κ1) is 9.98. The van der Waals surface area contributed by atoms with Crippen molar-refractivity contribution >= 4 is 11.6 Å².